The highest BCUT2D eigenvalue weighted by atomic mass is 32.1. The van der Waals surface area contributed by atoms with Gasteiger partial charge >= 0.3 is 0 Å². The minimum absolute atomic E-state index is 1.12. The standard InChI is InChI=1S/C46H31NS/c1-2-18-39(19-3-1)47(41-21-10-16-36(31-41)37-27-26-32-12-4-5-13-33(32)28-37)40-20-9-15-35(30-40)34-14-8-17-38(29-34)42-23-11-24-44-43-22-6-7-25-45(43)48-46(42)44/h1-31H. The number of thiophene rings is 1. The van der Waals surface area contributed by atoms with Gasteiger partial charge in [-0.1, -0.05) is 133 Å². The van der Waals surface area contributed by atoms with Crippen LogP contribution in [0, 0.1) is 0 Å². The molecule has 0 aliphatic rings. The zero-order valence-electron chi connectivity index (χ0n) is 26.3. The van der Waals surface area contributed by atoms with Gasteiger partial charge in [0.2, 0.25) is 0 Å². The zero-order valence-corrected chi connectivity index (χ0v) is 27.1. The molecule has 0 bridgehead atoms. The summed E-state index contributed by atoms with van der Waals surface area (Å²) in [5.41, 5.74) is 10.7. The second-order valence-electron chi connectivity index (χ2n) is 12.2. The fourth-order valence-electron chi connectivity index (χ4n) is 6.88. The molecule has 2 heteroatoms. The lowest BCUT2D eigenvalue weighted by Gasteiger charge is -2.26. The lowest BCUT2D eigenvalue weighted by molar-refractivity contribution is 1.28. The molecule has 1 heterocycles. The predicted octanol–water partition coefficient (Wildman–Crippen LogP) is 13.7. The molecule has 48 heavy (non-hydrogen) atoms. The third kappa shape index (κ3) is 5.13. The molecule has 226 valence electrons. The number of benzene rings is 8. The van der Waals surface area contributed by atoms with Gasteiger partial charge in [-0.2, -0.15) is 0 Å². The maximum Gasteiger partial charge on any atom is 0.0467 e. The van der Waals surface area contributed by atoms with Gasteiger partial charge in [0.15, 0.2) is 0 Å². The largest absolute Gasteiger partial charge is 0.310 e. The van der Waals surface area contributed by atoms with E-state index in [4.69, 9.17) is 0 Å². The fraction of sp³-hybridized carbons (Fsp3) is 0. The van der Waals surface area contributed by atoms with Crippen molar-refractivity contribution >= 4 is 59.3 Å². The molecule has 0 spiro atoms. The SMILES string of the molecule is c1ccc(N(c2cccc(-c3cccc(-c4cccc5c4sc4ccccc45)c3)c2)c2cccc(-c3ccc4ccccc4c3)c2)cc1. The van der Waals surface area contributed by atoms with E-state index >= 15 is 0 Å². The van der Waals surface area contributed by atoms with Crippen molar-refractivity contribution < 1.29 is 0 Å². The molecule has 0 aliphatic carbocycles. The van der Waals surface area contributed by atoms with Crippen LogP contribution in [0.5, 0.6) is 0 Å². The second kappa shape index (κ2) is 12.0. The van der Waals surface area contributed by atoms with Crippen LogP contribution in [0.1, 0.15) is 0 Å². The fourth-order valence-corrected chi connectivity index (χ4v) is 8.12. The van der Waals surface area contributed by atoms with Gasteiger partial charge in [0.25, 0.3) is 0 Å². The third-order valence-electron chi connectivity index (χ3n) is 9.22. The second-order valence-corrected chi connectivity index (χ2v) is 13.2. The van der Waals surface area contributed by atoms with Crippen LogP contribution in [-0.4, -0.2) is 0 Å². The van der Waals surface area contributed by atoms with Crippen molar-refractivity contribution in [2.75, 3.05) is 4.90 Å². The lowest BCUT2D eigenvalue weighted by atomic mass is 9.97. The van der Waals surface area contributed by atoms with Gasteiger partial charge in [-0.15, -0.1) is 11.3 Å². The number of fused-ring (bicyclic) bond motifs is 4. The van der Waals surface area contributed by atoms with E-state index in [1.165, 1.54) is 64.3 Å². The van der Waals surface area contributed by atoms with E-state index in [-0.39, 0.29) is 0 Å². The molecule has 0 atom stereocenters. The van der Waals surface area contributed by atoms with Gasteiger partial charge in [-0.3, -0.25) is 0 Å². The van der Waals surface area contributed by atoms with Crippen molar-refractivity contribution in [3.8, 4) is 33.4 Å². The summed E-state index contributed by atoms with van der Waals surface area (Å²) in [6.45, 7) is 0. The van der Waals surface area contributed by atoms with E-state index in [1.54, 1.807) is 0 Å². The van der Waals surface area contributed by atoms with Crippen LogP contribution in [0.25, 0.3) is 64.3 Å². The highest BCUT2D eigenvalue weighted by molar-refractivity contribution is 7.26. The Kier molecular flexibility index (Phi) is 7.07. The molecule has 0 radical (unpaired) electrons. The highest BCUT2D eigenvalue weighted by Crippen LogP contribution is 2.42. The predicted molar refractivity (Wildman–Crippen MR) is 208 cm³/mol. The van der Waals surface area contributed by atoms with E-state index in [0.29, 0.717) is 0 Å². The molecule has 0 N–H and O–H groups in total. The van der Waals surface area contributed by atoms with Crippen LogP contribution >= 0.6 is 11.3 Å². The van der Waals surface area contributed by atoms with Gasteiger partial charge in [-0.05, 0) is 98.8 Å². The molecule has 0 unspecified atom stereocenters. The summed E-state index contributed by atoms with van der Waals surface area (Å²) in [7, 11) is 0. The molecular formula is C46H31NS. The normalized spacial score (nSPS) is 11.3. The molecule has 9 rings (SSSR count). The summed E-state index contributed by atoms with van der Waals surface area (Å²) in [6.07, 6.45) is 0. The first-order chi connectivity index (χ1) is 23.8. The van der Waals surface area contributed by atoms with Crippen molar-refractivity contribution in [2.24, 2.45) is 0 Å². The van der Waals surface area contributed by atoms with Crippen LogP contribution < -0.4 is 4.90 Å². The first kappa shape index (κ1) is 28.3. The van der Waals surface area contributed by atoms with Crippen molar-refractivity contribution in [2.45, 2.75) is 0 Å². The summed E-state index contributed by atoms with van der Waals surface area (Å²) in [5.74, 6) is 0. The Morgan fingerprint density at radius 1 is 0.333 bits per heavy atom. The first-order valence-electron chi connectivity index (χ1n) is 16.3. The Morgan fingerprint density at radius 3 is 1.69 bits per heavy atom. The van der Waals surface area contributed by atoms with Crippen LogP contribution in [0.15, 0.2) is 188 Å². The quantitative estimate of drug-likeness (QED) is 0.177. The summed E-state index contributed by atoms with van der Waals surface area (Å²) >= 11 is 1.88. The van der Waals surface area contributed by atoms with Gasteiger partial charge in [-0.25, -0.2) is 0 Å². The number of nitrogens with zero attached hydrogens (tertiary/aromatic N) is 1. The molecule has 1 aromatic heterocycles. The monoisotopic (exact) mass is 629 g/mol. The number of anilines is 3. The molecular weight excluding hydrogens is 599 g/mol. The number of hydrogen-bond donors (Lipinski definition) is 0. The van der Waals surface area contributed by atoms with E-state index in [1.807, 2.05) is 11.3 Å². The Bertz CT molecular complexity index is 2580. The van der Waals surface area contributed by atoms with E-state index in [9.17, 15) is 0 Å². The van der Waals surface area contributed by atoms with Crippen LogP contribution in [0.4, 0.5) is 17.1 Å². The Balaban J connectivity index is 1.13. The van der Waals surface area contributed by atoms with Gasteiger partial charge in [0.05, 0.1) is 0 Å². The Labute approximate surface area is 284 Å². The van der Waals surface area contributed by atoms with Crippen molar-refractivity contribution in [3.05, 3.63) is 188 Å². The average molecular weight is 630 g/mol. The zero-order chi connectivity index (χ0) is 31.9. The Morgan fingerprint density at radius 2 is 0.896 bits per heavy atom. The highest BCUT2D eigenvalue weighted by Gasteiger charge is 2.15. The van der Waals surface area contributed by atoms with E-state index in [0.717, 1.165) is 17.1 Å². The van der Waals surface area contributed by atoms with Crippen molar-refractivity contribution in [1.82, 2.24) is 0 Å². The van der Waals surface area contributed by atoms with Crippen LogP contribution in [0.2, 0.25) is 0 Å². The Hall–Kier alpha value is -5.96. The van der Waals surface area contributed by atoms with Crippen LogP contribution in [-0.2, 0) is 0 Å². The van der Waals surface area contributed by atoms with Gasteiger partial charge in [0.1, 0.15) is 0 Å². The average Bonchev–Trinajstić information content (AvgIpc) is 3.55. The maximum absolute atomic E-state index is 2.36. The molecule has 8 aromatic carbocycles. The molecule has 0 fully saturated rings. The van der Waals surface area contributed by atoms with Gasteiger partial charge in [0, 0.05) is 37.2 Å². The van der Waals surface area contributed by atoms with Gasteiger partial charge < -0.3 is 4.90 Å². The maximum atomic E-state index is 2.36. The number of hydrogen-bond acceptors (Lipinski definition) is 2. The third-order valence-corrected chi connectivity index (χ3v) is 10.4. The lowest BCUT2D eigenvalue weighted by Crippen LogP contribution is -2.10. The smallest absolute Gasteiger partial charge is 0.0467 e. The molecule has 0 saturated carbocycles. The first-order valence-corrected chi connectivity index (χ1v) is 17.2. The summed E-state index contributed by atoms with van der Waals surface area (Å²) < 4.78 is 2.67. The summed E-state index contributed by atoms with van der Waals surface area (Å²) in [6, 6.07) is 68.1. The van der Waals surface area contributed by atoms with Crippen molar-refractivity contribution in [1.29, 1.82) is 0 Å². The number of rotatable bonds is 6. The summed E-state index contributed by atoms with van der Waals surface area (Å²) in [4.78, 5) is 2.36. The van der Waals surface area contributed by atoms with E-state index < -0.39 is 0 Å². The molecule has 1 nitrogen and oxygen atoms in total. The minimum Gasteiger partial charge on any atom is -0.310 e. The molecule has 0 aliphatic heterocycles. The molecule has 9 aromatic rings. The topological polar surface area (TPSA) is 3.24 Å². The number of para-hydroxylation sites is 1. The summed E-state index contributed by atoms with van der Waals surface area (Å²) in [5, 5.41) is 5.15. The molecule has 0 saturated heterocycles. The van der Waals surface area contributed by atoms with E-state index in [2.05, 4.69) is 193 Å². The van der Waals surface area contributed by atoms with Crippen molar-refractivity contribution in [3.63, 3.8) is 0 Å². The molecule has 0 amide bonds. The van der Waals surface area contributed by atoms with Crippen LogP contribution in [0.3, 0.4) is 0 Å². The minimum atomic E-state index is 1.12.